The van der Waals surface area contributed by atoms with Crippen LogP contribution in [0, 0.1) is 0 Å². The van der Waals surface area contributed by atoms with Gasteiger partial charge < -0.3 is 15.0 Å². The maximum atomic E-state index is 12.1. The molecule has 1 atom stereocenters. The average molecular weight is 420 g/mol. The van der Waals surface area contributed by atoms with Gasteiger partial charge in [0.1, 0.15) is 12.7 Å². The van der Waals surface area contributed by atoms with Gasteiger partial charge in [-0.2, -0.15) is 0 Å². The molecule has 0 bridgehead atoms. The summed E-state index contributed by atoms with van der Waals surface area (Å²) in [6.45, 7) is 1.55. The maximum absolute atomic E-state index is 12.1. The highest BCUT2D eigenvalue weighted by atomic mass is 35.5. The minimum absolute atomic E-state index is 0.0385. The average Bonchev–Trinajstić information content (AvgIpc) is 3.36. The number of ether oxygens (including phenoxy) is 1. The molecule has 3 heterocycles. The van der Waals surface area contributed by atoms with Crippen LogP contribution in [-0.4, -0.2) is 44.2 Å². The summed E-state index contributed by atoms with van der Waals surface area (Å²) in [5.41, 5.74) is 5.48. The zero-order valence-electron chi connectivity index (χ0n) is 14.8. The number of nitrogens with zero attached hydrogens (tertiary/aromatic N) is 1. The van der Waals surface area contributed by atoms with Crippen LogP contribution in [0.15, 0.2) is 42.5 Å². The number of nitrogens with one attached hydrogen (secondary N) is 2. The second kappa shape index (κ2) is 8.32. The van der Waals surface area contributed by atoms with Crippen LogP contribution in [0.3, 0.4) is 0 Å². The van der Waals surface area contributed by atoms with Crippen LogP contribution in [0.25, 0.3) is 5.70 Å². The number of halogens is 1. The zero-order chi connectivity index (χ0) is 19.5. The third-order valence-electron chi connectivity index (χ3n) is 4.41. The smallest absolute Gasteiger partial charge is 0.261 e. The van der Waals surface area contributed by atoms with Gasteiger partial charge in [0.25, 0.3) is 11.8 Å². The third-order valence-corrected chi connectivity index (χ3v) is 5.64. The van der Waals surface area contributed by atoms with Crippen LogP contribution in [0.5, 0.6) is 0 Å². The number of thiophene rings is 1. The van der Waals surface area contributed by atoms with Crippen molar-refractivity contribution in [3.8, 4) is 0 Å². The summed E-state index contributed by atoms with van der Waals surface area (Å²) in [5.74, 6) is -0.217. The van der Waals surface area contributed by atoms with Crippen molar-refractivity contribution in [2.75, 3.05) is 31.2 Å². The number of anilines is 1. The molecule has 1 fully saturated rings. The standard InChI is InChI=1S/C19H18ClN3O4S/c20-17-6-5-16(28-17)19(25)21-10-14-9-15(22-27-14)12-1-3-13(4-2-12)23-7-8-26-11-18(23)24/h1-6,9,14,22H,7-8,10-11H2,(H,21,25). The summed E-state index contributed by atoms with van der Waals surface area (Å²) in [7, 11) is 0. The van der Waals surface area contributed by atoms with Gasteiger partial charge >= 0.3 is 0 Å². The van der Waals surface area contributed by atoms with Gasteiger partial charge in [-0.15, -0.1) is 11.3 Å². The fourth-order valence-corrected chi connectivity index (χ4v) is 3.94. The summed E-state index contributed by atoms with van der Waals surface area (Å²) in [4.78, 5) is 31.8. The van der Waals surface area contributed by atoms with Crippen molar-refractivity contribution >= 4 is 46.1 Å². The van der Waals surface area contributed by atoms with Crippen LogP contribution >= 0.6 is 22.9 Å². The van der Waals surface area contributed by atoms with E-state index in [-0.39, 0.29) is 24.5 Å². The summed E-state index contributed by atoms with van der Waals surface area (Å²) in [6.07, 6.45) is 1.63. The normalized spacial score (nSPS) is 19.3. The minimum atomic E-state index is -0.283. The zero-order valence-corrected chi connectivity index (χ0v) is 16.4. The van der Waals surface area contributed by atoms with Gasteiger partial charge in [-0.05, 0) is 35.9 Å². The summed E-state index contributed by atoms with van der Waals surface area (Å²) >= 11 is 7.09. The van der Waals surface area contributed by atoms with Gasteiger partial charge in [0.05, 0.1) is 28.1 Å². The van der Waals surface area contributed by atoms with Gasteiger partial charge in [0.2, 0.25) is 0 Å². The molecule has 2 aliphatic heterocycles. The lowest BCUT2D eigenvalue weighted by atomic mass is 10.1. The molecule has 1 unspecified atom stereocenters. The van der Waals surface area contributed by atoms with Gasteiger partial charge in [0.15, 0.2) is 0 Å². The number of morpholine rings is 1. The summed E-state index contributed by atoms with van der Waals surface area (Å²) in [5, 5.41) is 2.83. The molecule has 7 nitrogen and oxygen atoms in total. The van der Waals surface area contributed by atoms with Crippen molar-refractivity contribution in [2.24, 2.45) is 0 Å². The highest BCUT2D eigenvalue weighted by Crippen LogP contribution is 2.24. The van der Waals surface area contributed by atoms with Crippen LogP contribution < -0.4 is 15.7 Å². The van der Waals surface area contributed by atoms with Crippen molar-refractivity contribution in [2.45, 2.75) is 6.10 Å². The molecule has 1 aromatic carbocycles. The molecular formula is C19H18ClN3O4S. The molecule has 2 aliphatic rings. The maximum Gasteiger partial charge on any atom is 0.261 e. The Labute approximate surface area is 170 Å². The van der Waals surface area contributed by atoms with E-state index in [1.54, 1.807) is 17.0 Å². The fourth-order valence-electron chi connectivity index (χ4n) is 2.98. The van der Waals surface area contributed by atoms with Gasteiger partial charge in [0, 0.05) is 12.2 Å². The van der Waals surface area contributed by atoms with Crippen molar-refractivity contribution in [3.63, 3.8) is 0 Å². The quantitative estimate of drug-likeness (QED) is 0.778. The number of hydrogen-bond donors (Lipinski definition) is 2. The van der Waals surface area contributed by atoms with E-state index < -0.39 is 0 Å². The fraction of sp³-hybridized carbons (Fsp3) is 0.263. The summed E-state index contributed by atoms with van der Waals surface area (Å²) in [6, 6.07) is 11.0. The first kappa shape index (κ1) is 18.9. The molecule has 2 N–H and O–H groups in total. The lowest BCUT2D eigenvalue weighted by Gasteiger charge is -2.26. The van der Waals surface area contributed by atoms with Crippen molar-refractivity contribution in [1.29, 1.82) is 0 Å². The molecule has 28 heavy (non-hydrogen) atoms. The Hall–Kier alpha value is -2.39. The second-order valence-electron chi connectivity index (χ2n) is 6.30. The minimum Gasteiger partial charge on any atom is -0.370 e. The van der Waals surface area contributed by atoms with Crippen molar-refractivity contribution in [3.05, 3.63) is 57.3 Å². The van der Waals surface area contributed by atoms with Crippen molar-refractivity contribution < 1.29 is 19.2 Å². The molecule has 146 valence electrons. The number of amides is 2. The SMILES string of the molecule is O=C(NCC1C=C(c2ccc(N3CCOCC3=O)cc2)NO1)c1ccc(Cl)s1. The lowest BCUT2D eigenvalue weighted by Crippen LogP contribution is -2.41. The number of hydroxylamine groups is 1. The van der Waals surface area contributed by atoms with Gasteiger partial charge in [-0.1, -0.05) is 23.7 Å². The Kier molecular flexibility index (Phi) is 5.63. The molecule has 9 heteroatoms. The van der Waals surface area contributed by atoms with Gasteiger partial charge in [-0.3, -0.25) is 19.9 Å². The molecule has 0 spiro atoms. The molecule has 0 saturated carbocycles. The molecule has 0 aliphatic carbocycles. The highest BCUT2D eigenvalue weighted by Gasteiger charge is 2.22. The van der Waals surface area contributed by atoms with E-state index in [9.17, 15) is 9.59 Å². The van der Waals surface area contributed by atoms with Crippen LogP contribution in [0.1, 0.15) is 15.2 Å². The first-order valence-electron chi connectivity index (χ1n) is 8.76. The van der Waals surface area contributed by atoms with Crippen LogP contribution in [0.2, 0.25) is 4.34 Å². The van der Waals surface area contributed by atoms with E-state index in [0.717, 1.165) is 16.9 Å². The second-order valence-corrected chi connectivity index (χ2v) is 8.01. The highest BCUT2D eigenvalue weighted by molar-refractivity contribution is 7.17. The summed E-state index contributed by atoms with van der Waals surface area (Å²) < 4.78 is 5.73. The predicted octanol–water partition coefficient (Wildman–Crippen LogP) is 2.44. The first-order valence-corrected chi connectivity index (χ1v) is 9.95. The number of rotatable bonds is 5. The lowest BCUT2D eigenvalue weighted by molar-refractivity contribution is -0.125. The Morgan fingerprint density at radius 2 is 2.11 bits per heavy atom. The predicted molar refractivity (Wildman–Crippen MR) is 107 cm³/mol. The van der Waals surface area contributed by atoms with Crippen LogP contribution in [-0.2, 0) is 14.4 Å². The molecular weight excluding hydrogens is 402 g/mol. The van der Waals surface area contributed by atoms with E-state index in [2.05, 4.69) is 10.8 Å². The van der Waals surface area contributed by atoms with E-state index >= 15 is 0 Å². The molecule has 1 saturated heterocycles. The van der Waals surface area contributed by atoms with E-state index in [1.807, 2.05) is 30.3 Å². The van der Waals surface area contributed by atoms with E-state index in [0.29, 0.717) is 28.9 Å². The number of carbonyl (C=O) groups is 2. The van der Waals surface area contributed by atoms with E-state index in [4.69, 9.17) is 21.2 Å². The molecule has 2 aromatic rings. The Bertz CT molecular complexity index is 912. The number of carbonyl (C=O) groups excluding carboxylic acids is 2. The van der Waals surface area contributed by atoms with E-state index in [1.165, 1.54) is 11.3 Å². The van der Waals surface area contributed by atoms with Crippen molar-refractivity contribution in [1.82, 2.24) is 10.8 Å². The largest absolute Gasteiger partial charge is 0.370 e. The third kappa shape index (κ3) is 4.20. The Morgan fingerprint density at radius 1 is 1.29 bits per heavy atom. The number of hydrogen-bond acceptors (Lipinski definition) is 6. The Morgan fingerprint density at radius 3 is 2.82 bits per heavy atom. The molecule has 1 aromatic heterocycles. The monoisotopic (exact) mass is 419 g/mol. The molecule has 2 amide bonds. The molecule has 4 rings (SSSR count). The van der Waals surface area contributed by atoms with Gasteiger partial charge in [-0.25, -0.2) is 0 Å². The van der Waals surface area contributed by atoms with Crippen LogP contribution in [0.4, 0.5) is 5.69 Å². The molecule has 0 radical (unpaired) electrons. The Balaban J connectivity index is 1.36. The topological polar surface area (TPSA) is 79.9 Å². The first-order chi connectivity index (χ1) is 13.6. The number of benzene rings is 1.